The third kappa shape index (κ3) is 1.68. The normalized spacial score (nSPS) is 18.3. The highest BCUT2D eigenvalue weighted by molar-refractivity contribution is 6.01. The van der Waals surface area contributed by atoms with Crippen molar-refractivity contribution >= 4 is 5.78 Å². The molecule has 1 aromatic rings. The second-order valence-electron chi connectivity index (χ2n) is 4.17. The number of rotatable bonds is 3. The lowest BCUT2D eigenvalue weighted by molar-refractivity contribution is -0.0816. The van der Waals surface area contributed by atoms with E-state index in [0.717, 1.165) is 11.1 Å². The number of nitrogens with two attached hydrogens (primary N) is 1. The molecule has 1 heterocycles. The predicted molar refractivity (Wildman–Crippen MR) is 57.8 cm³/mol. The first kappa shape index (κ1) is 10.3. The number of carbonyl (C=O) groups excluding carboxylic acids is 1. The van der Waals surface area contributed by atoms with Crippen LogP contribution >= 0.6 is 0 Å². The number of hydrogen-bond acceptors (Lipinski definition) is 3. The Hall–Kier alpha value is -1.19. The van der Waals surface area contributed by atoms with Crippen LogP contribution < -0.4 is 5.73 Å². The molecule has 80 valence electrons. The largest absolute Gasteiger partial charge is 0.379 e. The molecule has 0 unspecified atom stereocenters. The van der Waals surface area contributed by atoms with Gasteiger partial charge in [0.25, 0.3) is 0 Å². The van der Waals surface area contributed by atoms with Gasteiger partial charge in [-0.05, 0) is 6.92 Å². The molecule has 3 heteroatoms. The standard InChI is InChI=1S/C12H15NO2/c1-9-2-4-10(5-3-9)11(14)12(6-13)7-15-8-12/h2-5H,6-8,13H2,1H3. The van der Waals surface area contributed by atoms with Gasteiger partial charge < -0.3 is 10.5 Å². The minimum atomic E-state index is -0.463. The third-order valence-electron chi connectivity index (χ3n) is 2.94. The molecule has 1 aliphatic rings. The van der Waals surface area contributed by atoms with Gasteiger partial charge in [-0.15, -0.1) is 0 Å². The molecule has 3 nitrogen and oxygen atoms in total. The minimum absolute atomic E-state index is 0.108. The number of benzene rings is 1. The van der Waals surface area contributed by atoms with Gasteiger partial charge in [0.15, 0.2) is 5.78 Å². The molecule has 2 N–H and O–H groups in total. The molecule has 1 aromatic carbocycles. The van der Waals surface area contributed by atoms with E-state index in [0.29, 0.717) is 19.8 Å². The maximum absolute atomic E-state index is 12.1. The number of hydrogen-bond donors (Lipinski definition) is 1. The summed E-state index contributed by atoms with van der Waals surface area (Å²) < 4.78 is 5.09. The Morgan fingerprint density at radius 3 is 2.40 bits per heavy atom. The fraction of sp³-hybridized carbons (Fsp3) is 0.417. The fourth-order valence-corrected chi connectivity index (χ4v) is 1.70. The van der Waals surface area contributed by atoms with Crippen molar-refractivity contribution in [2.24, 2.45) is 11.1 Å². The highest BCUT2D eigenvalue weighted by Crippen LogP contribution is 2.30. The molecule has 1 saturated heterocycles. The van der Waals surface area contributed by atoms with Crippen molar-refractivity contribution in [1.82, 2.24) is 0 Å². The Bertz CT molecular complexity index is 360. The minimum Gasteiger partial charge on any atom is -0.379 e. The first-order chi connectivity index (χ1) is 7.18. The number of ether oxygens (including phenoxy) is 1. The molecule has 2 rings (SSSR count). The van der Waals surface area contributed by atoms with Gasteiger partial charge in [0.2, 0.25) is 0 Å². The van der Waals surface area contributed by atoms with Crippen molar-refractivity contribution in [2.75, 3.05) is 19.8 Å². The molecule has 15 heavy (non-hydrogen) atoms. The van der Waals surface area contributed by atoms with E-state index in [1.54, 1.807) is 0 Å². The maximum atomic E-state index is 12.1. The first-order valence-corrected chi connectivity index (χ1v) is 5.07. The predicted octanol–water partition coefficient (Wildman–Crippen LogP) is 1.15. The van der Waals surface area contributed by atoms with Crippen molar-refractivity contribution in [2.45, 2.75) is 6.92 Å². The Kier molecular flexibility index (Phi) is 2.59. The van der Waals surface area contributed by atoms with E-state index in [-0.39, 0.29) is 5.78 Å². The summed E-state index contributed by atoms with van der Waals surface area (Å²) in [4.78, 5) is 12.1. The topological polar surface area (TPSA) is 52.3 Å². The lowest BCUT2D eigenvalue weighted by Crippen LogP contribution is -2.54. The Morgan fingerprint density at radius 1 is 1.40 bits per heavy atom. The average molecular weight is 205 g/mol. The van der Waals surface area contributed by atoms with Crippen LogP contribution in [0.1, 0.15) is 15.9 Å². The average Bonchev–Trinajstić information content (AvgIpc) is 2.18. The van der Waals surface area contributed by atoms with Crippen LogP contribution in [0.2, 0.25) is 0 Å². The second kappa shape index (κ2) is 3.76. The summed E-state index contributed by atoms with van der Waals surface area (Å²) in [6.45, 7) is 3.27. The van der Waals surface area contributed by atoms with Crippen LogP contribution in [-0.2, 0) is 4.74 Å². The van der Waals surface area contributed by atoms with Crippen LogP contribution in [0.5, 0.6) is 0 Å². The Labute approximate surface area is 89.2 Å². The molecular weight excluding hydrogens is 190 g/mol. The summed E-state index contributed by atoms with van der Waals surface area (Å²) in [5.41, 5.74) is 7.06. The van der Waals surface area contributed by atoms with Crippen molar-refractivity contribution < 1.29 is 9.53 Å². The Balaban J connectivity index is 2.24. The summed E-state index contributed by atoms with van der Waals surface area (Å²) in [7, 11) is 0. The molecule has 0 amide bonds. The van der Waals surface area contributed by atoms with Crippen LogP contribution in [0.25, 0.3) is 0 Å². The van der Waals surface area contributed by atoms with Gasteiger partial charge in [-0.3, -0.25) is 4.79 Å². The van der Waals surface area contributed by atoms with E-state index >= 15 is 0 Å². The van der Waals surface area contributed by atoms with Crippen molar-refractivity contribution in [3.8, 4) is 0 Å². The number of ketones is 1. The molecule has 0 aliphatic carbocycles. The van der Waals surface area contributed by atoms with E-state index in [4.69, 9.17) is 10.5 Å². The first-order valence-electron chi connectivity index (χ1n) is 5.07. The molecule has 0 bridgehead atoms. The molecule has 0 atom stereocenters. The summed E-state index contributed by atoms with van der Waals surface area (Å²) in [5.74, 6) is 0.108. The van der Waals surface area contributed by atoms with Crippen molar-refractivity contribution in [1.29, 1.82) is 0 Å². The van der Waals surface area contributed by atoms with E-state index < -0.39 is 5.41 Å². The number of Topliss-reactive ketones (excluding diaryl/α,β-unsaturated/α-hetero) is 1. The van der Waals surface area contributed by atoms with E-state index in [9.17, 15) is 4.79 Å². The summed E-state index contributed by atoms with van der Waals surface area (Å²) in [6, 6.07) is 7.59. The molecular formula is C12H15NO2. The van der Waals surface area contributed by atoms with Gasteiger partial charge >= 0.3 is 0 Å². The zero-order valence-corrected chi connectivity index (χ0v) is 8.82. The van der Waals surface area contributed by atoms with E-state index in [1.165, 1.54) is 0 Å². The van der Waals surface area contributed by atoms with Crippen LogP contribution in [0.15, 0.2) is 24.3 Å². The van der Waals surface area contributed by atoms with Crippen LogP contribution in [-0.4, -0.2) is 25.5 Å². The van der Waals surface area contributed by atoms with Crippen LogP contribution in [0.4, 0.5) is 0 Å². The van der Waals surface area contributed by atoms with E-state index in [2.05, 4.69) is 0 Å². The highest BCUT2D eigenvalue weighted by Gasteiger charge is 2.44. The van der Waals surface area contributed by atoms with Crippen LogP contribution in [0.3, 0.4) is 0 Å². The molecule has 0 saturated carbocycles. The van der Waals surface area contributed by atoms with Crippen LogP contribution in [0, 0.1) is 12.3 Å². The van der Waals surface area contributed by atoms with Gasteiger partial charge in [0.05, 0.1) is 18.6 Å². The van der Waals surface area contributed by atoms with Gasteiger partial charge in [0.1, 0.15) is 0 Å². The maximum Gasteiger partial charge on any atom is 0.174 e. The quantitative estimate of drug-likeness (QED) is 0.753. The monoisotopic (exact) mass is 205 g/mol. The van der Waals surface area contributed by atoms with Gasteiger partial charge in [0, 0.05) is 12.1 Å². The number of carbonyl (C=O) groups is 1. The third-order valence-corrected chi connectivity index (χ3v) is 2.94. The molecule has 0 radical (unpaired) electrons. The lowest BCUT2D eigenvalue weighted by atomic mass is 9.78. The highest BCUT2D eigenvalue weighted by atomic mass is 16.5. The Morgan fingerprint density at radius 2 is 2.00 bits per heavy atom. The molecule has 1 fully saturated rings. The smallest absolute Gasteiger partial charge is 0.174 e. The molecule has 1 aliphatic heterocycles. The zero-order chi connectivity index (χ0) is 10.9. The number of aryl methyl sites for hydroxylation is 1. The SMILES string of the molecule is Cc1ccc(C(=O)C2(CN)COC2)cc1. The van der Waals surface area contributed by atoms with Gasteiger partial charge in [-0.1, -0.05) is 29.8 Å². The van der Waals surface area contributed by atoms with Crippen molar-refractivity contribution in [3.63, 3.8) is 0 Å². The van der Waals surface area contributed by atoms with Gasteiger partial charge in [-0.2, -0.15) is 0 Å². The van der Waals surface area contributed by atoms with Gasteiger partial charge in [-0.25, -0.2) is 0 Å². The summed E-state index contributed by atoms with van der Waals surface area (Å²) >= 11 is 0. The molecule has 0 spiro atoms. The lowest BCUT2D eigenvalue weighted by Gasteiger charge is -2.38. The zero-order valence-electron chi connectivity index (χ0n) is 8.82. The van der Waals surface area contributed by atoms with Crippen molar-refractivity contribution in [3.05, 3.63) is 35.4 Å². The fourth-order valence-electron chi connectivity index (χ4n) is 1.70. The second-order valence-corrected chi connectivity index (χ2v) is 4.17. The van der Waals surface area contributed by atoms with E-state index in [1.807, 2.05) is 31.2 Å². The summed E-state index contributed by atoms with van der Waals surface area (Å²) in [5, 5.41) is 0. The summed E-state index contributed by atoms with van der Waals surface area (Å²) in [6.07, 6.45) is 0. The molecule has 0 aromatic heterocycles.